The van der Waals surface area contributed by atoms with Gasteiger partial charge in [0.2, 0.25) is 0 Å². The van der Waals surface area contributed by atoms with Crippen LogP contribution in [0.25, 0.3) is 21.8 Å². The minimum Gasteiger partial charge on any atom is -0.465 e. The Labute approximate surface area is 109 Å². The van der Waals surface area contributed by atoms with Crippen molar-refractivity contribution in [2.75, 3.05) is 7.11 Å². The van der Waals surface area contributed by atoms with E-state index in [1.165, 1.54) is 7.11 Å². The van der Waals surface area contributed by atoms with Gasteiger partial charge in [0.05, 0.1) is 24.3 Å². The number of ether oxygens (including phenoxy) is 1. The van der Waals surface area contributed by atoms with Crippen molar-refractivity contribution in [3.05, 3.63) is 47.5 Å². The molecular formula is C15H10N2O2. The number of carbonyl (C=O) groups excluding carboxylic acids is 1. The Morgan fingerprint density at radius 2 is 1.84 bits per heavy atom. The summed E-state index contributed by atoms with van der Waals surface area (Å²) < 4.78 is 4.72. The second-order valence-electron chi connectivity index (χ2n) is 4.25. The number of carbonyl (C=O) groups is 1. The number of rotatable bonds is 1. The first-order valence-electron chi connectivity index (χ1n) is 5.77. The number of aromatic nitrogens is 1. The fourth-order valence-electron chi connectivity index (χ4n) is 2.21. The second kappa shape index (κ2) is 4.14. The Hall–Kier alpha value is -2.80. The van der Waals surface area contributed by atoms with Gasteiger partial charge in [-0.2, -0.15) is 5.26 Å². The number of nitrogens with zero attached hydrogens (tertiary/aromatic N) is 1. The summed E-state index contributed by atoms with van der Waals surface area (Å²) in [6.07, 6.45) is 0. The number of benzene rings is 2. The molecule has 0 bridgehead atoms. The molecule has 3 aromatic rings. The lowest BCUT2D eigenvalue weighted by molar-refractivity contribution is 0.0601. The average molecular weight is 250 g/mol. The highest BCUT2D eigenvalue weighted by molar-refractivity contribution is 6.09. The van der Waals surface area contributed by atoms with Crippen LogP contribution in [0.1, 0.15) is 15.9 Å². The van der Waals surface area contributed by atoms with Gasteiger partial charge < -0.3 is 9.72 Å². The van der Waals surface area contributed by atoms with Crippen LogP contribution in [-0.2, 0) is 4.74 Å². The minimum absolute atomic E-state index is 0.368. The third kappa shape index (κ3) is 1.72. The van der Waals surface area contributed by atoms with Crippen LogP contribution < -0.4 is 0 Å². The van der Waals surface area contributed by atoms with Crippen LogP contribution in [0, 0.1) is 11.3 Å². The Morgan fingerprint density at radius 3 is 2.53 bits per heavy atom. The summed E-state index contributed by atoms with van der Waals surface area (Å²) >= 11 is 0. The molecule has 0 aliphatic carbocycles. The van der Waals surface area contributed by atoms with Crippen molar-refractivity contribution in [3.63, 3.8) is 0 Å². The number of methoxy groups -OCH3 is 1. The predicted octanol–water partition coefficient (Wildman–Crippen LogP) is 2.98. The van der Waals surface area contributed by atoms with E-state index < -0.39 is 0 Å². The minimum atomic E-state index is -0.368. The molecule has 3 rings (SSSR count). The monoisotopic (exact) mass is 250 g/mol. The van der Waals surface area contributed by atoms with Gasteiger partial charge in [0.15, 0.2) is 0 Å². The van der Waals surface area contributed by atoms with Gasteiger partial charge in [0.1, 0.15) is 0 Å². The normalized spacial score (nSPS) is 10.5. The van der Waals surface area contributed by atoms with Crippen molar-refractivity contribution in [3.8, 4) is 6.07 Å². The van der Waals surface area contributed by atoms with Crippen LogP contribution in [0.5, 0.6) is 0 Å². The highest BCUT2D eigenvalue weighted by Gasteiger charge is 2.10. The largest absolute Gasteiger partial charge is 0.465 e. The SMILES string of the molecule is COC(=O)c1ccc2[nH]c3ccc(C#N)cc3c2c1. The number of nitriles is 1. The number of hydrogen-bond acceptors (Lipinski definition) is 3. The number of hydrogen-bond donors (Lipinski definition) is 1. The molecule has 92 valence electrons. The zero-order valence-electron chi connectivity index (χ0n) is 10.2. The molecule has 0 unspecified atom stereocenters. The van der Waals surface area contributed by atoms with Gasteiger partial charge >= 0.3 is 5.97 Å². The summed E-state index contributed by atoms with van der Waals surface area (Å²) in [5.41, 5.74) is 2.96. The zero-order valence-corrected chi connectivity index (χ0v) is 10.2. The smallest absolute Gasteiger partial charge is 0.337 e. The lowest BCUT2D eigenvalue weighted by Gasteiger charge is -1.99. The average Bonchev–Trinajstić information content (AvgIpc) is 2.83. The summed E-state index contributed by atoms with van der Waals surface area (Å²) in [5.74, 6) is -0.368. The fourth-order valence-corrected chi connectivity index (χ4v) is 2.21. The van der Waals surface area contributed by atoms with E-state index in [1.54, 1.807) is 18.2 Å². The van der Waals surface area contributed by atoms with Crippen LogP contribution in [0.15, 0.2) is 36.4 Å². The molecule has 1 aromatic heterocycles. The van der Waals surface area contributed by atoms with E-state index >= 15 is 0 Å². The summed E-state index contributed by atoms with van der Waals surface area (Å²) in [7, 11) is 1.36. The summed E-state index contributed by atoms with van der Waals surface area (Å²) in [6.45, 7) is 0. The molecule has 4 heteroatoms. The van der Waals surface area contributed by atoms with E-state index in [-0.39, 0.29) is 5.97 Å². The molecular weight excluding hydrogens is 240 g/mol. The van der Waals surface area contributed by atoms with Crippen molar-refractivity contribution in [1.82, 2.24) is 4.98 Å². The Bertz CT molecular complexity index is 840. The van der Waals surface area contributed by atoms with Crippen LogP contribution >= 0.6 is 0 Å². The van der Waals surface area contributed by atoms with Gasteiger partial charge in [-0.15, -0.1) is 0 Å². The standard InChI is InChI=1S/C15H10N2O2/c1-19-15(18)10-3-5-14-12(7-10)11-6-9(8-16)2-4-13(11)17-14/h2-7,17H,1H3. The van der Waals surface area contributed by atoms with Crippen molar-refractivity contribution in [2.24, 2.45) is 0 Å². The zero-order chi connectivity index (χ0) is 13.4. The van der Waals surface area contributed by atoms with E-state index in [2.05, 4.69) is 11.1 Å². The lowest BCUT2D eigenvalue weighted by atomic mass is 10.1. The summed E-state index contributed by atoms with van der Waals surface area (Å²) in [6, 6.07) is 12.9. The molecule has 0 amide bonds. The van der Waals surface area contributed by atoms with Gasteiger partial charge in [0, 0.05) is 21.8 Å². The van der Waals surface area contributed by atoms with Crippen molar-refractivity contribution >= 4 is 27.8 Å². The van der Waals surface area contributed by atoms with E-state index in [0.29, 0.717) is 11.1 Å². The predicted molar refractivity (Wildman–Crippen MR) is 71.9 cm³/mol. The first-order valence-corrected chi connectivity index (χ1v) is 5.77. The summed E-state index contributed by atoms with van der Waals surface area (Å²) in [4.78, 5) is 14.8. The number of aromatic amines is 1. The van der Waals surface area contributed by atoms with Crippen LogP contribution in [0.4, 0.5) is 0 Å². The third-order valence-electron chi connectivity index (χ3n) is 3.15. The van der Waals surface area contributed by atoms with Crippen LogP contribution in [0.2, 0.25) is 0 Å². The van der Waals surface area contributed by atoms with E-state index in [0.717, 1.165) is 21.8 Å². The molecule has 1 N–H and O–H groups in total. The number of nitrogens with one attached hydrogen (secondary N) is 1. The van der Waals surface area contributed by atoms with Crippen molar-refractivity contribution in [2.45, 2.75) is 0 Å². The highest BCUT2D eigenvalue weighted by Crippen LogP contribution is 2.27. The summed E-state index contributed by atoms with van der Waals surface area (Å²) in [5, 5.41) is 10.8. The number of esters is 1. The molecule has 0 fully saturated rings. The Balaban J connectivity index is 2.33. The van der Waals surface area contributed by atoms with E-state index in [1.807, 2.05) is 18.2 Å². The van der Waals surface area contributed by atoms with Gasteiger partial charge in [-0.05, 0) is 36.4 Å². The van der Waals surface area contributed by atoms with Crippen LogP contribution in [0.3, 0.4) is 0 Å². The van der Waals surface area contributed by atoms with Gasteiger partial charge in [-0.3, -0.25) is 0 Å². The Kier molecular flexibility index (Phi) is 2.46. The molecule has 2 aromatic carbocycles. The maximum atomic E-state index is 11.6. The molecule has 0 spiro atoms. The van der Waals surface area contributed by atoms with Crippen molar-refractivity contribution in [1.29, 1.82) is 5.26 Å². The first-order chi connectivity index (χ1) is 9.22. The Morgan fingerprint density at radius 1 is 1.16 bits per heavy atom. The topological polar surface area (TPSA) is 65.9 Å². The molecule has 1 heterocycles. The van der Waals surface area contributed by atoms with Crippen molar-refractivity contribution < 1.29 is 9.53 Å². The second-order valence-corrected chi connectivity index (χ2v) is 4.25. The molecule has 0 saturated heterocycles. The van der Waals surface area contributed by atoms with E-state index in [9.17, 15) is 4.79 Å². The maximum Gasteiger partial charge on any atom is 0.337 e. The molecule has 4 nitrogen and oxygen atoms in total. The van der Waals surface area contributed by atoms with E-state index in [4.69, 9.17) is 10.00 Å². The molecule has 0 aliphatic heterocycles. The quantitative estimate of drug-likeness (QED) is 0.675. The fraction of sp³-hybridized carbons (Fsp3) is 0.0667. The maximum absolute atomic E-state index is 11.6. The van der Waals surface area contributed by atoms with Gasteiger partial charge in [-0.1, -0.05) is 0 Å². The lowest BCUT2D eigenvalue weighted by Crippen LogP contribution is -2.00. The van der Waals surface area contributed by atoms with Crippen LogP contribution in [-0.4, -0.2) is 18.1 Å². The van der Waals surface area contributed by atoms with Gasteiger partial charge in [0.25, 0.3) is 0 Å². The molecule has 19 heavy (non-hydrogen) atoms. The number of fused-ring (bicyclic) bond motifs is 3. The molecule has 0 aliphatic rings. The number of H-pyrrole nitrogens is 1. The first kappa shape index (κ1) is 11.3. The molecule has 0 saturated carbocycles. The molecule has 0 atom stereocenters. The van der Waals surface area contributed by atoms with Gasteiger partial charge in [-0.25, -0.2) is 4.79 Å². The highest BCUT2D eigenvalue weighted by atomic mass is 16.5. The third-order valence-corrected chi connectivity index (χ3v) is 3.15. The molecule has 0 radical (unpaired) electrons.